The predicted octanol–water partition coefficient (Wildman–Crippen LogP) is 8.21. The lowest BCUT2D eigenvalue weighted by atomic mass is 9.88. The van der Waals surface area contributed by atoms with Crippen molar-refractivity contribution in [1.82, 2.24) is 25.0 Å². The highest BCUT2D eigenvalue weighted by Gasteiger charge is 2.35. The Balaban J connectivity index is 1.18. The van der Waals surface area contributed by atoms with Gasteiger partial charge in [0.1, 0.15) is 6.17 Å². The zero-order valence-electron chi connectivity index (χ0n) is 26.3. The molecule has 0 saturated carbocycles. The molecule has 1 saturated heterocycles. The molecule has 0 aliphatic carbocycles. The Bertz CT molecular complexity index is 1730. The predicted molar refractivity (Wildman–Crippen MR) is 184 cm³/mol. The van der Waals surface area contributed by atoms with Gasteiger partial charge in [0.05, 0.1) is 11.9 Å². The van der Waals surface area contributed by atoms with Crippen molar-refractivity contribution < 1.29 is 0 Å². The SMILES string of the molecule is CN1C=CCN(C)C1c1ccc(-c2cccc(C3CC(c4ccccc4)N(C)C(c4ccc(-c5ccccc5)cc4)N3)c2)cn1. The topological polar surface area (TPSA) is 34.6 Å². The van der Waals surface area contributed by atoms with Gasteiger partial charge in [-0.15, -0.1) is 0 Å². The highest BCUT2D eigenvalue weighted by Crippen LogP contribution is 2.41. The van der Waals surface area contributed by atoms with Crippen LogP contribution in [0.4, 0.5) is 0 Å². The van der Waals surface area contributed by atoms with E-state index in [4.69, 9.17) is 4.98 Å². The van der Waals surface area contributed by atoms with Crippen LogP contribution in [0, 0.1) is 0 Å². The monoisotopic (exact) mass is 591 g/mol. The first-order valence-corrected chi connectivity index (χ1v) is 15.9. The minimum absolute atomic E-state index is 0.0712. The number of hydrogen-bond acceptors (Lipinski definition) is 5. The van der Waals surface area contributed by atoms with Crippen LogP contribution in [0.25, 0.3) is 22.3 Å². The van der Waals surface area contributed by atoms with Gasteiger partial charge in [-0.25, -0.2) is 0 Å². The number of rotatable bonds is 6. The van der Waals surface area contributed by atoms with E-state index in [1.807, 2.05) is 6.20 Å². The van der Waals surface area contributed by atoms with Crippen molar-refractivity contribution in [3.63, 3.8) is 0 Å². The molecular weight excluding hydrogens is 550 g/mol. The molecule has 0 bridgehead atoms. The fourth-order valence-electron chi connectivity index (χ4n) is 7.01. The van der Waals surface area contributed by atoms with Gasteiger partial charge in [-0.2, -0.15) is 0 Å². The van der Waals surface area contributed by atoms with Gasteiger partial charge in [-0.3, -0.25) is 20.1 Å². The molecule has 4 aromatic carbocycles. The Hall–Kier alpha value is -4.55. The van der Waals surface area contributed by atoms with E-state index in [0.29, 0.717) is 0 Å². The largest absolute Gasteiger partial charge is 0.360 e. The summed E-state index contributed by atoms with van der Waals surface area (Å²) in [6.07, 6.45) is 7.55. The standard InChI is InChI=1S/C40H41N5/c1-43-24-11-25-44(2)40(43)36-23-22-35(28-41-36)33-16-10-17-34(26-33)37-27-38(31-14-8-5-9-15-31)45(3)39(42-37)32-20-18-30(19-21-32)29-12-6-4-7-13-29/h4-24,26,28,37-40,42H,25,27H2,1-3H3. The van der Waals surface area contributed by atoms with Crippen molar-refractivity contribution >= 4 is 0 Å². The molecule has 2 aliphatic heterocycles. The summed E-state index contributed by atoms with van der Waals surface area (Å²) in [4.78, 5) is 11.9. The highest BCUT2D eigenvalue weighted by atomic mass is 15.3. The Kier molecular flexibility index (Phi) is 8.31. The van der Waals surface area contributed by atoms with Crippen molar-refractivity contribution in [2.75, 3.05) is 27.7 Å². The summed E-state index contributed by atoms with van der Waals surface area (Å²) in [5.41, 5.74) is 9.78. The van der Waals surface area contributed by atoms with E-state index in [1.54, 1.807) is 0 Å². The first kappa shape index (κ1) is 29.2. The summed E-state index contributed by atoms with van der Waals surface area (Å²) in [5, 5.41) is 4.03. The van der Waals surface area contributed by atoms with Crippen LogP contribution in [-0.2, 0) is 0 Å². The summed E-state index contributed by atoms with van der Waals surface area (Å²) < 4.78 is 0. The number of hydrogen-bond donors (Lipinski definition) is 1. The third-order valence-corrected chi connectivity index (χ3v) is 9.45. The van der Waals surface area contributed by atoms with Gasteiger partial charge in [0, 0.05) is 37.4 Å². The molecule has 5 nitrogen and oxygen atoms in total. The lowest BCUT2D eigenvalue weighted by Gasteiger charge is -2.45. The third kappa shape index (κ3) is 6.07. The van der Waals surface area contributed by atoms with Crippen LogP contribution in [0.3, 0.4) is 0 Å². The van der Waals surface area contributed by atoms with Crippen molar-refractivity contribution in [3.05, 3.63) is 162 Å². The van der Waals surface area contributed by atoms with Crippen molar-refractivity contribution in [3.8, 4) is 22.3 Å². The first-order valence-electron chi connectivity index (χ1n) is 15.9. The van der Waals surface area contributed by atoms with Gasteiger partial charge in [0.2, 0.25) is 0 Å². The molecule has 45 heavy (non-hydrogen) atoms. The van der Waals surface area contributed by atoms with Crippen LogP contribution in [-0.4, -0.2) is 47.4 Å². The highest BCUT2D eigenvalue weighted by molar-refractivity contribution is 5.64. The Labute approximate surface area is 267 Å². The Morgan fingerprint density at radius 3 is 2.02 bits per heavy atom. The minimum Gasteiger partial charge on any atom is -0.360 e. The molecule has 0 amide bonds. The van der Waals surface area contributed by atoms with E-state index in [1.165, 1.54) is 33.4 Å². The molecule has 0 radical (unpaired) electrons. The smallest absolute Gasteiger partial charge is 0.125 e. The molecule has 1 fully saturated rings. The van der Waals surface area contributed by atoms with Gasteiger partial charge in [0.25, 0.3) is 0 Å². The van der Waals surface area contributed by atoms with Crippen molar-refractivity contribution in [2.24, 2.45) is 0 Å². The second-order valence-corrected chi connectivity index (χ2v) is 12.4. The van der Waals surface area contributed by atoms with Crippen LogP contribution >= 0.6 is 0 Å². The fourth-order valence-corrected chi connectivity index (χ4v) is 7.01. The summed E-state index contributed by atoms with van der Waals surface area (Å²) in [6.45, 7) is 0.923. The van der Waals surface area contributed by atoms with E-state index < -0.39 is 0 Å². The van der Waals surface area contributed by atoms with Crippen LogP contribution in [0.15, 0.2) is 140 Å². The number of pyridine rings is 1. The van der Waals surface area contributed by atoms with Crippen LogP contribution < -0.4 is 5.32 Å². The molecule has 1 N–H and O–H groups in total. The Morgan fingerprint density at radius 2 is 1.31 bits per heavy atom. The van der Waals surface area contributed by atoms with Crippen LogP contribution in [0.2, 0.25) is 0 Å². The van der Waals surface area contributed by atoms with E-state index in [0.717, 1.165) is 24.2 Å². The molecule has 4 unspecified atom stereocenters. The zero-order valence-corrected chi connectivity index (χ0v) is 26.3. The van der Waals surface area contributed by atoms with E-state index in [9.17, 15) is 0 Å². The number of nitrogens with one attached hydrogen (secondary N) is 1. The first-order chi connectivity index (χ1) is 22.0. The molecule has 226 valence electrons. The second kappa shape index (κ2) is 12.8. The molecule has 7 rings (SSSR count). The van der Waals surface area contributed by atoms with Crippen LogP contribution in [0.1, 0.15) is 53.2 Å². The van der Waals surface area contributed by atoms with Gasteiger partial charge < -0.3 is 4.90 Å². The number of likely N-dealkylation sites (N-methyl/N-ethyl adjacent to an activating group) is 1. The van der Waals surface area contributed by atoms with E-state index in [-0.39, 0.29) is 24.4 Å². The molecule has 2 aliphatic rings. The lowest BCUT2D eigenvalue weighted by molar-refractivity contribution is 0.0705. The third-order valence-electron chi connectivity index (χ3n) is 9.45. The molecule has 5 heteroatoms. The summed E-state index contributed by atoms with van der Waals surface area (Å²) in [6, 6.07) is 44.4. The average molecular weight is 592 g/mol. The number of aromatic nitrogens is 1. The zero-order chi connectivity index (χ0) is 30.8. The van der Waals surface area contributed by atoms with Gasteiger partial charge >= 0.3 is 0 Å². The maximum Gasteiger partial charge on any atom is 0.125 e. The molecule has 1 aromatic heterocycles. The van der Waals surface area contributed by atoms with Gasteiger partial charge in [-0.05, 0) is 72.2 Å². The minimum atomic E-state index is 0.0712. The average Bonchev–Trinajstić information content (AvgIpc) is 3.09. The van der Waals surface area contributed by atoms with Crippen molar-refractivity contribution in [2.45, 2.75) is 30.8 Å². The fraction of sp³-hybridized carbons (Fsp3) is 0.225. The second-order valence-electron chi connectivity index (χ2n) is 12.4. The Morgan fingerprint density at radius 1 is 0.644 bits per heavy atom. The normalized spacial score (nSPS) is 22.4. The summed E-state index contributed by atoms with van der Waals surface area (Å²) >= 11 is 0. The van der Waals surface area contributed by atoms with Gasteiger partial charge in [-0.1, -0.05) is 115 Å². The van der Waals surface area contributed by atoms with Gasteiger partial charge in [0.15, 0.2) is 0 Å². The lowest BCUT2D eigenvalue weighted by Crippen LogP contribution is -2.46. The summed E-state index contributed by atoms with van der Waals surface area (Å²) in [5.74, 6) is 0. The maximum atomic E-state index is 4.92. The summed E-state index contributed by atoms with van der Waals surface area (Å²) in [7, 11) is 6.50. The number of nitrogens with zero attached hydrogens (tertiary/aromatic N) is 4. The van der Waals surface area contributed by atoms with E-state index in [2.05, 4.69) is 175 Å². The molecule has 4 atom stereocenters. The van der Waals surface area contributed by atoms with Crippen LogP contribution in [0.5, 0.6) is 0 Å². The molecule has 0 spiro atoms. The molecular formula is C40H41N5. The maximum absolute atomic E-state index is 4.92. The van der Waals surface area contributed by atoms with E-state index >= 15 is 0 Å². The quantitative estimate of drug-likeness (QED) is 0.215. The number of benzene rings is 4. The molecule has 3 heterocycles. The van der Waals surface area contributed by atoms with Crippen molar-refractivity contribution in [1.29, 1.82) is 0 Å². The molecule has 5 aromatic rings.